The molecule has 58 valence electrons. The monoisotopic (exact) mass is 148 g/mol. The fourth-order valence-electron chi connectivity index (χ4n) is 0.861. The second-order valence-electron chi connectivity index (χ2n) is 2.33. The van der Waals surface area contributed by atoms with Crippen LogP contribution in [0, 0.1) is 12.3 Å². The lowest BCUT2D eigenvalue weighted by Crippen LogP contribution is -2.14. The molecule has 0 saturated carbocycles. The molecule has 0 aliphatic carbocycles. The lowest BCUT2D eigenvalue weighted by atomic mass is 10.4. The van der Waals surface area contributed by atoms with Crippen LogP contribution in [-0.4, -0.2) is 11.5 Å². The van der Waals surface area contributed by atoms with Gasteiger partial charge in [-0.25, -0.2) is 0 Å². The van der Waals surface area contributed by atoms with E-state index >= 15 is 0 Å². The van der Waals surface area contributed by atoms with Gasteiger partial charge in [-0.05, 0) is 12.1 Å². The number of aromatic amines is 1. The number of hydrogen-bond donors (Lipinski definition) is 2. The number of H-pyrrole nitrogens is 1. The molecule has 0 unspecified atom stereocenters. The maximum absolute atomic E-state index is 5.09. The van der Waals surface area contributed by atoms with Crippen molar-refractivity contribution in [2.45, 2.75) is 13.0 Å². The standard InChI is InChI=1S/C9H12N2/c1-2-3-6-10-8-9-5-4-7-11-9/h1,4-5,7,10-11H,3,6,8H2. The van der Waals surface area contributed by atoms with E-state index in [0.29, 0.717) is 0 Å². The van der Waals surface area contributed by atoms with Gasteiger partial charge in [0, 0.05) is 31.4 Å². The summed E-state index contributed by atoms with van der Waals surface area (Å²) >= 11 is 0. The van der Waals surface area contributed by atoms with Gasteiger partial charge in [0.15, 0.2) is 0 Å². The molecule has 2 N–H and O–H groups in total. The van der Waals surface area contributed by atoms with Crippen LogP contribution in [0.25, 0.3) is 0 Å². The third kappa shape index (κ3) is 2.92. The van der Waals surface area contributed by atoms with Crippen molar-refractivity contribution in [3.63, 3.8) is 0 Å². The molecule has 0 fully saturated rings. The maximum Gasteiger partial charge on any atom is 0.0357 e. The smallest absolute Gasteiger partial charge is 0.0357 e. The van der Waals surface area contributed by atoms with E-state index in [1.807, 2.05) is 18.3 Å². The summed E-state index contributed by atoms with van der Waals surface area (Å²) < 4.78 is 0. The highest BCUT2D eigenvalue weighted by molar-refractivity contribution is 5.02. The highest BCUT2D eigenvalue weighted by Crippen LogP contribution is 1.92. The van der Waals surface area contributed by atoms with Crippen molar-refractivity contribution in [3.05, 3.63) is 24.0 Å². The Morgan fingerprint density at radius 2 is 2.55 bits per heavy atom. The van der Waals surface area contributed by atoms with E-state index in [9.17, 15) is 0 Å². The molecule has 11 heavy (non-hydrogen) atoms. The first-order valence-electron chi connectivity index (χ1n) is 3.70. The minimum atomic E-state index is 0.792. The number of hydrogen-bond acceptors (Lipinski definition) is 1. The molecular formula is C9H12N2. The predicted octanol–water partition coefficient (Wildman–Crippen LogP) is 1.13. The van der Waals surface area contributed by atoms with Crippen LogP contribution in [-0.2, 0) is 6.54 Å². The van der Waals surface area contributed by atoms with Crippen molar-refractivity contribution in [2.24, 2.45) is 0 Å². The van der Waals surface area contributed by atoms with E-state index in [1.54, 1.807) is 0 Å². The molecule has 1 rings (SSSR count). The highest BCUT2D eigenvalue weighted by Gasteiger charge is 1.89. The fourth-order valence-corrected chi connectivity index (χ4v) is 0.861. The zero-order valence-corrected chi connectivity index (χ0v) is 6.43. The summed E-state index contributed by atoms with van der Waals surface area (Å²) in [6, 6.07) is 4.03. The van der Waals surface area contributed by atoms with Crippen LogP contribution in [0.4, 0.5) is 0 Å². The third-order valence-corrected chi connectivity index (χ3v) is 1.42. The summed E-state index contributed by atoms with van der Waals surface area (Å²) in [7, 11) is 0. The van der Waals surface area contributed by atoms with Crippen molar-refractivity contribution >= 4 is 0 Å². The first-order valence-corrected chi connectivity index (χ1v) is 3.70. The van der Waals surface area contributed by atoms with Crippen LogP contribution < -0.4 is 5.32 Å². The molecule has 1 heterocycles. The van der Waals surface area contributed by atoms with Crippen LogP contribution in [0.2, 0.25) is 0 Å². The quantitative estimate of drug-likeness (QED) is 0.486. The van der Waals surface area contributed by atoms with Gasteiger partial charge in [0.1, 0.15) is 0 Å². The molecule has 2 heteroatoms. The Hall–Kier alpha value is -1.20. The molecule has 0 aromatic carbocycles. The Morgan fingerprint density at radius 1 is 1.64 bits per heavy atom. The van der Waals surface area contributed by atoms with E-state index < -0.39 is 0 Å². The second-order valence-corrected chi connectivity index (χ2v) is 2.33. The van der Waals surface area contributed by atoms with Gasteiger partial charge < -0.3 is 10.3 Å². The molecule has 0 spiro atoms. The lowest BCUT2D eigenvalue weighted by molar-refractivity contribution is 0.691. The van der Waals surface area contributed by atoms with Gasteiger partial charge in [-0.2, -0.15) is 0 Å². The van der Waals surface area contributed by atoms with E-state index in [1.165, 1.54) is 5.69 Å². The Morgan fingerprint density at radius 3 is 3.18 bits per heavy atom. The van der Waals surface area contributed by atoms with Crippen molar-refractivity contribution in [3.8, 4) is 12.3 Å². The summed E-state index contributed by atoms with van der Waals surface area (Å²) in [6.07, 6.45) is 7.80. The normalized spacial score (nSPS) is 9.36. The average Bonchev–Trinajstić information content (AvgIpc) is 2.50. The minimum absolute atomic E-state index is 0.792. The van der Waals surface area contributed by atoms with Gasteiger partial charge in [0.05, 0.1) is 0 Å². The molecule has 0 aliphatic heterocycles. The maximum atomic E-state index is 5.09. The van der Waals surface area contributed by atoms with Gasteiger partial charge in [-0.1, -0.05) is 0 Å². The Labute approximate surface area is 67.0 Å². The summed E-state index contributed by atoms with van der Waals surface area (Å²) in [6.45, 7) is 1.75. The molecule has 0 atom stereocenters. The van der Waals surface area contributed by atoms with Crippen molar-refractivity contribution in [1.82, 2.24) is 10.3 Å². The summed E-state index contributed by atoms with van der Waals surface area (Å²) in [5.74, 6) is 2.58. The van der Waals surface area contributed by atoms with Crippen molar-refractivity contribution in [1.29, 1.82) is 0 Å². The van der Waals surface area contributed by atoms with Crippen molar-refractivity contribution < 1.29 is 0 Å². The van der Waals surface area contributed by atoms with Crippen LogP contribution in [0.5, 0.6) is 0 Å². The third-order valence-electron chi connectivity index (χ3n) is 1.42. The minimum Gasteiger partial charge on any atom is -0.364 e. The van der Waals surface area contributed by atoms with Gasteiger partial charge >= 0.3 is 0 Å². The molecule has 1 aromatic heterocycles. The number of rotatable bonds is 4. The Kier molecular flexibility index (Phi) is 3.30. The summed E-state index contributed by atoms with van der Waals surface area (Å²) in [4.78, 5) is 3.10. The molecule has 2 nitrogen and oxygen atoms in total. The molecule has 0 radical (unpaired) electrons. The van der Waals surface area contributed by atoms with Crippen LogP contribution >= 0.6 is 0 Å². The Balaban J connectivity index is 2.10. The second kappa shape index (κ2) is 4.59. The fraction of sp³-hybridized carbons (Fsp3) is 0.333. The van der Waals surface area contributed by atoms with Crippen molar-refractivity contribution in [2.75, 3.05) is 6.54 Å². The summed E-state index contributed by atoms with van der Waals surface area (Å²) in [5.41, 5.74) is 1.20. The zero-order valence-electron chi connectivity index (χ0n) is 6.43. The topological polar surface area (TPSA) is 27.8 Å². The molecule has 0 bridgehead atoms. The van der Waals surface area contributed by atoms with Gasteiger partial charge in [-0.15, -0.1) is 12.3 Å². The predicted molar refractivity (Wildman–Crippen MR) is 45.9 cm³/mol. The van der Waals surface area contributed by atoms with E-state index in [-0.39, 0.29) is 0 Å². The van der Waals surface area contributed by atoms with Gasteiger partial charge in [0.25, 0.3) is 0 Å². The molecule has 1 aromatic rings. The lowest BCUT2D eigenvalue weighted by Gasteiger charge is -1.98. The van der Waals surface area contributed by atoms with Crippen LogP contribution in [0.1, 0.15) is 12.1 Å². The summed E-state index contributed by atoms with van der Waals surface area (Å²) in [5, 5.41) is 3.21. The zero-order chi connectivity index (χ0) is 7.94. The Bertz CT molecular complexity index is 218. The number of aromatic nitrogens is 1. The van der Waals surface area contributed by atoms with Gasteiger partial charge in [0.2, 0.25) is 0 Å². The number of nitrogens with one attached hydrogen (secondary N) is 2. The highest BCUT2D eigenvalue weighted by atomic mass is 14.9. The van der Waals surface area contributed by atoms with E-state index in [2.05, 4.69) is 16.2 Å². The van der Waals surface area contributed by atoms with Crippen LogP contribution in [0.3, 0.4) is 0 Å². The van der Waals surface area contributed by atoms with Gasteiger partial charge in [-0.3, -0.25) is 0 Å². The molecule has 0 amide bonds. The first kappa shape index (κ1) is 7.90. The van der Waals surface area contributed by atoms with E-state index in [0.717, 1.165) is 19.5 Å². The van der Waals surface area contributed by atoms with Crippen LogP contribution in [0.15, 0.2) is 18.3 Å². The average molecular weight is 148 g/mol. The molecule has 0 saturated heterocycles. The number of terminal acetylenes is 1. The first-order chi connectivity index (χ1) is 5.43. The molecular weight excluding hydrogens is 136 g/mol. The molecule has 0 aliphatic rings. The largest absolute Gasteiger partial charge is 0.364 e. The SMILES string of the molecule is C#CCCNCc1ccc[nH]1. The van der Waals surface area contributed by atoms with E-state index in [4.69, 9.17) is 6.42 Å².